The van der Waals surface area contributed by atoms with E-state index < -0.39 is 50.2 Å². The molecule has 0 bridgehead atoms. The molecule has 0 saturated carbocycles. The minimum absolute atomic E-state index is 0.648. The summed E-state index contributed by atoms with van der Waals surface area (Å²) in [4.78, 5) is 41.6. The molecule has 1 aromatic rings. The lowest BCUT2D eigenvalue weighted by molar-refractivity contribution is -0.0543. The zero-order chi connectivity index (χ0) is 15.8. The second-order valence-electron chi connectivity index (χ2n) is 4.35. The number of phosphoric acid groups is 1. The average Bonchev–Trinajstić information content (AvgIpc) is 2.64. The molecule has 21 heavy (non-hydrogen) atoms. The number of ether oxygens (including phenoxy) is 1. The summed E-state index contributed by atoms with van der Waals surface area (Å²) in [6.07, 6.45) is -4.58. The third kappa shape index (κ3) is 3.66. The van der Waals surface area contributed by atoms with E-state index >= 15 is 0 Å². The van der Waals surface area contributed by atoms with E-state index in [-0.39, 0.29) is 0 Å². The lowest BCUT2D eigenvalue weighted by Crippen LogP contribution is -2.37. The number of aliphatic hydroxyl groups excluding tert-OH is 2. The van der Waals surface area contributed by atoms with Gasteiger partial charge in [-0.15, -0.1) is 0 Å². The number of hydrogen-bond acceptors (Lipinski definition) is 7. The Morgan fingerprint density at radius 2 is 2.00 bits per heavy atom. The van der Waals surface area contributed by atoms with Gasteiger partial charge >= 0.3 is 13.5 Å². The van der Waals surface area contributed by atoms with Crippen molar-refractivity contribution in [3.8, 4) is 0 Å². The zero-order valence-corrected chi connectivity index (χ0v) is 11.3. The number of phosphoric ester groups is 1. The molecule has 5 N–H and O–H groups in total. The minimum atomic E-state index is -4.76. The van der Waals surface area contributed by atoms with Gasteiger partial charge in [0, 0.05) is 12.3 Å². The van der Waals surface area contributed by atoms with Crippen molar-refractivity contribution >= 4 is 7.82 Å². The van der Waals surface area contributed by atoms with Crippen molar-refractivity contribution in [2.24, 2.45) is 0 Å². The van der Waals surface area contributed by atoms with E-state index in [0.29, 0.717) is 0 Å². The molecule has 0 amide bonds. The van der Waals surface area contributed by atoms with Crippen molar-refractivity contribution in [3.63, 3.8) is 0 Å². The predicted octanol–water partition coefficient (Wildman–Crippen LogP) is -2.73. The molecule has 11 nitrogen and oxygen atoms in total. The quantitative estimate of drug-likeness (QED) is 0.368. The molecule has 118 valence electrons. The van der Waals surface area contributed by atoms with E-state index in [9.17, 15) is 24.4 Å². The Labute approximate surface area is 116 Å². The molecule has 12 heteroatoms. The summed E-state index contributed by atoms with van der Waals surface area (Å²) in [6, 6.07) is 1.02. The molecule has 0 spiro atoms. The molecule has 1 aliphatic rings. The smallest absolute Gasteiger partial charge is 0.387 e. The first-order valence-electron chi connectivity index (χ1n) is 5.72. The van der Waals surface area contributed by atoms with E-state index in [2.05, 4.69) is 4.52 Å². The Morgan fingerprint density at radius 1 is 1.33 bits per heavy atom. The van der Waals surface area contributed by atoms with Crippen LogP contribution in [0.25, 0.3) is 0 Å². The van der Waals surface area contributed by atoms with Crippen LogP contribution in [0.1, 0.15) is 6.23 Å². The monoisotopic (exact) mass is 324 g/mol. The molecule has 1 unspecified atom stereocenters. The molecule has 1 fully saturated rings. The van der Waals surface area contributed by atoms with Crippen molar-refractivity contribution < 1.29 is 33.8 Å². The van der Waals surface area contributed by atoms with E-state index in [4.69, 9.17) is 14.5 Å². The van der Waals surface area contributed by atoms with Crippen molar-refractivity contribution in [1.82, 2.24) is 9.55 Å². The molecule has 0 radical (unpaired) electrons. The van der Waals surface area contributed by atoms with Crippen LogP contribution in [-0.2, 0) is 13.8 Å². The second-order valence-corrected chi connectivity index (χ2v) is 5.59. The topological polar surface area (TPSA) is 171 Å². The minimum Gasteiger partial charge on any atom is -0.387 e. The largest absolute Gasteiger partial charge is 0.469 e. The summed E-state index contributed by atoms with van der Waals surface area (Å²) >= 11 is 0. The maximum atomic E-state index is 11.6. The van der Waals surface area contributed by atoms with Gasteiger partial charge in [0.2, 0.25) is 0 Å². The van der Waals surface area contributed by atoms with Gasteiger partial charge in [0.05, 0.1) is 6.61 Å². The van der Waals surface area contributed by atoms with Gasteiger partial charge in [0.1, 0.15) is 18.3 Å². The number of rotatable bonds is 4. The Morgan fingerprint density at radius 3 is 2.57 bits per heavy atom. The number of aromatic nitrogens is 2. The standard InChI is InChI=1S/C9H13N2O9P/c12-5-1-2-11(9(15)10-5)8-7(14)6(13)4(20-8)3-19-21(16,17)18/h1-2,4,6-8,13-14H,3H2,(H,10,12,15)(H2,16,17,18)/t4-,6-,7-,8?/m1/s1. The number of H-pyrrole nitrogens is 1. The third-order valence-corrected chi connectivity index (χ3v) is 3.35. The molecule has 2 heterocycles. The van der Waals surface area contributed by atoms with Crippen LogP contribution in [0, 0.1) is 0 Å². The first-order chi connectivity index (χ1) is 9.69. The summed E-state index contributed by atoms with van der Waals surface area (Å²) in [5.74, 6) is 0. The number of nitrogens with zero attached hydrogens (tertiary/aromatic N) is 1. The van der Waals surface area contributed by atoms with E-state index in [0.717, 1.165) is 16.8 Å². The molecule has 1 aliphatic heterocycles. The molecule has 0 aromatic carbocycles. The predicted molar refractivity (Wildman–Crippen MR) is 65.2 cm³/mol. The van der Waals surface area contributed by atoms with Crippen LogP contribution in [-0.4, -0.2) is 54.5 Å². The van der Waals surface area contributed by atoms with E-state index in [1.54, 1.807) is 0 Å². The Hall–Kier alpha value is -1.33. The molecular formula is C9H13N2O9P. The second kappa shape index (κ2) is 5.81. The number of aliphatic hydroxyl groups is 2. The highest BCUT2D eigenvalue weighted by molar-refractivity contribution is 7.46. The van der Waals surface area contributed by atoms with Crippen LogP contribution in [0.3, 0.4) is 0 Å². The summed E-state index contributed by atoms with van der Waals surface area (Å²) in [6.45, 7) is -0.683. The van der Waals surface area contributed by atoms with E-state index in [1.165, 1.54) is 0 Å². The summed E-state index contributed by atoms with van der Waals surface area (Å²) in [5, 5.41) is 19.6. The zero-order valence-electron chi connectivity index (χ0n) is 10.4. The molecule has 4 atom stereocenters. The molecule has 1 saturated heterocycles. The van der Waals surface area contributed by atoms with E-state index in [1.807, 2.05) is 4.98 Å². The molecule has 2 rings (SSSR count). The lowest BCUT2D eigenvalue weighted by Gasteiger charge is -2.16. The van der Waals surface area contributed by atoms with Gasteiger partial charge in [0.25, 0.3) is 5.56 Å². The van der Waals surface area contributed by atoms with Crippen molar-refractivity contribution in [3.05, 3.63) is 33.1 Å². The van der Waals surface area contributed by atoms with Crippen LogP contribution in [0.5, 0.6) is 0 Å². The highest BCUT2D eigenvalue weighted by atomic mass is 31.2. The van der Waals surface area contributed by atoms with Crippen molar-refractivity contribution in [2.75, 3.05) is 6.61 Å². The Balaban J connectivity index is 2.18. The van der Waals surface area contributed by atoms with Gasteiger partial charge in [0.15, 0.2) is 6.23 Å². The molecule has 0 aliphatic carbocycles. The SMILES string of the molecule is O=c1ccn(C2O[C@H](COP(=O)(O)O)[C@@H](O)[C@H]2O)c(=O)[nH]1. The van der Waals surface area contributed by atoms with Crippen LogP contribution >= 0.6 is 7.82 Å². The maximum absolute atomic E-state index is 11.6. The third-order valence-electron chi connectivity index (χ3n) is 2.87. The van der Waals surface area contributed by atoms with Crippen molar-refractivity contribution in [2.45, 2.75) is 24.5 Å². The van der Waals surface area contributed by atoms with Crippen molar-refractivity contribution in [1.29, 1.82) is 0 Å². The highest BCUT2D eigenvalue weighted by Gasteiger charge is 2.44. The van der Waals surface area contributed by atoms with Gasteiger partial charge in [-0.1, -0.05) is 0 Å². The van der Waals surface area contributed by atoms with Crippen LogP contribution < -0.4 is 11.2 Å². The summed E-state index contributed by atoms with van der Waals surface area (Å²) < 4.78 is 20.8. The van der Waals surface area contributed by atoms with Gasteiger partial charge in [-0.05, 0) is 0 Å². The van der Waals surface area contributed by atoms with Gasteiger partial charge in [-0.25, -0.2) is 9.36 Å². The Kier molecular flexibility index (Phi) is 4.44. The number of nitrogens with one attached hydrogen (secondary N) is 1. The maximum Gasteiger partial charge on any atom is 0.469 e. The van der Waals surface area contributed by atoms with Crippen LogP contribution in [0.4, 0.5) is 0 Å². The van der Waals surface area contributed by atoms with Gasteiger partial charge < -0.3 is 24.7 Å². The fourth-order valence-corrected chi connectivity index (χ4v) is 2.24. The number of hydrogen-bond donors (Lipinski definition) is 5. The van der Waals surface area contributed by atoms with Gasteiger partial charge in [-0.2, -0.15) is 0 Å². The van der Waals surface area contributed by atoms with Crippen LogP contribution in [0.2, 0.25) is 0 Å². The summed E-state index contributed by atoms with van der Waals surface area (Å²) in [7, 11) is -4.76. The first-order valence-corrected chi connectivity index (χ1v) is 7.25. The number of aromatic amines is 1. The highest BCUT2D eigenvalue weighted by Crippen LogP contribution is 2.38. The molecule has 1 aromatic heterocycles. The Bertz CT molecular complexity index is 664. The first kappa shape index (κ1) is 16.0. The normalized spacial score (nSPS) is 29.7. The van der Waals surface area contributed by atoms with Crippen LogP contribution in [0.15, 0.2) is 21.9 Å². The fourth-order valence-electron chi connectivity index (χ4n) is 1.89. The molecular weight excluding hydrogens is 311 g/mol. The van der Waals surface area contributed by atoms with Gasteiger partial charge in [-0.3, -0.25) is 18.9 Å². The summed E-state index contributed by atoms with van der Waals surface area (Å²) in [5.41, 5.74) is -1.51. The lowest BCUT2D eigenvalue weighted by atomic mass is 10.1. The average molecular weight is 324 g/mol. The fraction of sp³-hybridized carbons (Fsp3) is 0.556.